The Labute approximate surface area is 71.1 Å². The lowest BCUT2D eigenvalue weighted by atomic mass is 10.1. The van der Waals surface area contributed by atoms with Gasteiger partial charge in [-0.15, -0.1) is 0 Å². The summed E-state index contributed by atoms with van der Waals surface area (Å²) in [4.78, 5) is 14.3. The number of carbonyl (C=O) groups is 1. The van der Waals surface area contributed by atoms with Crippen molar-refractivity contribution in [1.82, 2.24) is 4.98 Å². The van der Waals surface area contributed by atoms with Crippen LogP contribution in [0.2, 0.25) is 0 Å². The maximum atomic E-state index is 10.4. The normalized spacial score (nSPS) is 9.75. The van der Waals surface area contributed by atoms with Crippen LogP contribution in [0.5, 0.6) is 0 Å². The first-order valence-electron chi connectivity index (χ1n) is 3.87. The van der Waals surface area contributed by atoms with Gasteiger partial charge in [-0.25, -0.2) is 0 Å². The summed E-state index contributed by atoms with van der Waals surface area (Å²) >= 11 is 0. The number of carboxylic acids is 1. The predicted octanol–water partition coefficient (Wildman–Crippen LogP) is 1.27. The molecule has 3 nitrogen and oxygen atoms in total. The van der Waals surface area contributed by atoms with Crippen LogP contribution in [-0.2, 0) is 17.6 Å². The molecule has 0 bridgehead atoms. The summed E-state index contributed by atoms with van der Waals surface area (Å²) in [6, 6.07) is 1.76. The van der Waals surface area contributed by atoms with Crippen molar-refractivity contribution in [3.05, 3.63) is 29.6 Å². The van der Waals surface area contributed by atoms with Crippen molar-refractivity contribution in [2.75, 3.05) is 0 Å². The minimum atomic E-state index is -0.795. The molecule has 0 aliphatic rings. The molecule has 0 aromatic carbocycles. The molecule has 0 amide bonds. The highest BCUT2D eigenvalue weighted by Gasteiger charge is 2.04. The van der Waals surface area contributed by atoms with Crippen LogP contribution < -0.4 is 0 Å². The van der Waals surface area contributed by atoms with Gasteiger partial charge in [-0.1, -0.05) is 6.92 Å². The van der Waals surface area contributed by atoms with Gasteiger partial charge in [-0.05, 0) is 23.6 Å². The van der Waals surface area contributed by atoms with Gasteiger partial charge in [0.1, 0.15) is 0 Å². The van der Waals surface area contributed by atoms with Gasteiger partial charge >= 0.3 is 5.97 Å². The first-order chi connectivity index (χ1) is 5.74. The van der Waals surface area contributed by atoms with Crippen LogP contribution in [-0.4, -0.2) is 16.1 Å². The van der Waals surface area contributed by atoms with E-state index in [9.17, 15) is 4.79 Å². The number of aryl methyl sites for hydroxylation is 1. The van der Waals surface area contributed by atoms with Gasteiger partial charge in [0.2, 0.25) is 0 Å². The maximum Gasteiger partial charge on any atom is 0.307 e. The molecule has 3 heteroatoms. The maximum absolute atomic E-state index is 10.4. The van der Waals surface area contributed by atoms with E-state index in [0.717, 1.165) is 17.5 Å². The van der Waals surface area contributed by atoms with Gasteiger partial charge in [-0.3, -0.25) is 9.78 Å². The second-order valence-electron chi connectivity index (χ2n) is 2.57. The summed E-state index contributed by atoms with van der Waals surface area (Å²) in [6.07, 6.45) is 4.26. The van der Waals surface area contributed by atoms with Crippen LogP contribution in [0.15, 0.2) is 18.5 Å². The number of hydrogen-bond acceptors (Lipinski definition) is 2. The van der Waals surface area contributed by atoms with Crippen LogP contribution in [0.3, 0.4) is 0 Å². The topological polar surface area (TPSA) is 50.2 Å². The zero-order chi connectivity index (χ0) is 8.97. The molecule has 1 aromatic heterocycles. The lowest BCUT2D eigenvalue weighted by Gasteiger charge is -2.02. The third-order valence-electron chi connectivity index (χ3n) is 1.73. The molecule has 0 spiro atoms. The zero-order valence-electron chi connectivity index (χ0n) is 6.95. The van der Waals surface area contributed by atoms with Crippen molar-refractivity contribution in [2.45, 2.75) is 19.8 Å². The molecule has 0 radical (unpaired) electrons. The average molecular weight is 165 g/mol. The summed E-state index contributed by atoms with van der Waals surface area (Å²) in [6.45, 7) is 1.99. The van der Waals surface area contributed by atoms with Crippen LogP contribution in [0.25, 0.3) is 0 Å². The zero-order valence-corrected chi connectivity index (χ0v) is 6.95. The molecule has 1 N–H and O–H groups in total. The lowest BCUT2D eigenvalue weighted by Crippen LogP contribution is -2.03. The van der Waals surface area contributed by atoms with Crippen LogP contribution in [0.4, 0.5) is 0 Å². The van der Waals surface area contributed by atoms with E-state index >= 15 is 0 Å². The van der Waals surface area contributed by atoms with Crippen molar-refractivity contribution in [2.24, 2.45) is 0 Å². The Morgan fingerprint density at radius 1 is 1.58 bits per heavy atom. The standard InChI is InChI=1S/C9H11NO2/c1-2-7-6-10-4-3-8(7)5-9(11)12/h3-4,6H,2,5H2,1H3,(H,11,12). The molecule has 1 heterocycles. The first kappa shape index (κ1) is 8.71. The Kier molecular flexibility index (Phi) is 2.80. The molecule has 0 unspecified atom stereocenters. The second kappa shape index (κ2) is 3.85. The Bertz CT molecular complexity index is 284. The fraction of sp³-hybridized carbons (Fsp3) is 0.333. The number of hydrogen-bond donors (Lipinski definition) is 1. The molecule has 0 aliphatic heterocycles. The predicted molar refractivity (Wildman–Crippen MR) is 45.0 cm³/mol. The molecule has 12 heavy (non-hydrogen) atoms. The number of aliphatic carboxylic acids is 1. The molecular weight excluding hydrogens is 154 g/mol. The highest BCUT2D eigenvalue weighted by atomic mass is 16.4. The van der Waals surface area contributed by atoms with E-state index in [4.69, 9.17) is 5.11 Å². The van der Waals surface area contributed by atoms with E-state index in [1.54, 1.807) is 18.5 Å². The third-order valence-corrected chi connectivity index (χ3v) is 1.73. The van der Waals surface area contributed by atoms with E-state index in [0.29, 0.717) is 0 Å². The third kappa shape index (κ3) is 2.05. The Morgan fingerprint density at radius 3 is 2.92 bits per heavy atom. The molecule has 1 aromatic rings. The second-order valence-corrected chi connectivity index (χ2v) is 2.57. The monoisotopic (exact) mass is 165 g/mol. The van der Waals surface area contributed by atoms with Crippen molar-refractivity contribution in [3.8, 4) is 0 Å². The van der Waals surface area contributed by atoms with Crippen LogP contribution >= 0.6 is 0 Å². The van der Waals surface area contributed by atoms with E-state index in [2.05, 4.69) is 4.98 Å². The van der Waals surface area contributed by atoms with E-state index in [1.165, 1.54) is 0 Å². The smallest absolute Gasteiger partial charge is 0.307 e. The number of aromatic nitrogens is 1. The van der Waals surface area contributed by atoms with Crippen molar-refractivity contribution < 1.29 is 9.90 Å². The summed E-state index contributed by atoms with van der Waals surface area (Å²) in [7, 11) is 0. The Morgan fingerprint density at radius 2 is 2.33 bits per heavy atom. The van der Waals surface area contributed by atoms with Crippen molar-refractivity contribution in [3.63, 3.8) is 0 Å². The number of carboxylic acid groups (broad SMARTS) is 1. The number of pyridine rings is 1. The highest BCUT2D eigenvalue weighted by Crippen LogP contribution is 2.07. The average Bonchev–Trinajstić information content (AvgIpc) is 2.04. The number of nitrogens with zero attached hydrogens (tertiary/aromatic N) is 1. The minimum absolute atomic E-state index is 0.0890. The van der Waals surface area contributed by atoms with Crippen LogP contribution in [0, 0.1) is 0 Å². The van der Waals surface area contributed by atoms with Gasteiger partial charge in [0, 0.05) is 12.4 Å². The first-order valence-corrected chi connectivity index (χ1v) is 3.87. The van der Waals surface area contributed by atoms with Crippen molar-refractivity contribution >= 4 is 5.97 Å². The van der Waals surface area contributed by atoms with Gasteiger partial charge in [0.05, 0.1) is 6.42 Å². The molecule has 0 atom stereocenters. The van der Waals surface area contributed by atoms with E-state index in [-0.39, 0.29) is 6.42 Å². The minimum Gasteiger partial charge on any atom is -0.481 e. The fourth-order valence-electron chi connectivity index (χ4n) is 1.11. The molecule has 64 valence electrons. The summed E-state index contributed by atoms with van der Waals surface area (Å²) in [5.41, 5.74) is 1.87. The molecule has 0 aliphatic carbocycles. The van der Waals surface area contributed by atoms with Gasteiger partial charge in [-0.2, -0.15) is 0 Å². The largest absolute Gasteiger partial charge is 0.481 e. The summed E-state index contributed by atoms with van der Waals surface area (Å²) < 4.78 is 0. The molecule has 0 fully saturated rings. The molecular formula is C9H11NO2. The Hall–Kier alpha value is -1.38. The number of rotatable bonds is 3. The molecule has 1 rings (SSSR count). The van der Waals surface area contributed by atoms with E-state index < -0.39 is 5.97 Å². The van der Waals surface area contributed by atoms with Gasteiger partial charge in [0.15, 0.2) is 0 Å². The van der Waals surface area contributed by atoms with Gasteiger partial charge in [0.25, 0.3) is 0 Å². The van der Waals surface area contributed by atoms with Crippen LogP contribution in [0.1, 0.15) is 18.1 Å². The molecule has 0 saturated carbocycles. The lowest BCUT2D eigenvalue weighted by molar-refractivity contribution is -0.136. The van der Waals surface area contributed by atoms with E-state index in [1.807, 2.05) is 6.92 Å². The molecule has 0 saturated heterocycles. The quantitative estimate of drug-likeness (QED) is 0.733. The SMILES string of the molecule is CCc1cnccc1CC(=O)O. The van der Waals surface area contributed by atoms with Gasteiger partial charge < -0.3 is 5.11 Å². The summed E-state index contributed by atoms with van der Waals surface area (Å²) in [5.74, 6) is -0.795. The summed E-state index contributed by atoms with van der Waals surface area (Å²) in [5, 5.41) is 8.57. The van der Waals surface area contributed by atoms with Crippen molar-refractivity contribution in [1.29, 1.82) is 0 Å². The highest BCUT2D eigenvalue weighted by molar-refractivity contribution is 5.70. The fourth-order valence-corrected chi connectivity index (χ4v) is 1.11. The Balaban J connectivity index is 2.89.